The Morgan fingerprint density at radius 3 is 2.67 bits per heavy atom. The number of rotatable bonds is 4. The lowest BCUT2D eigenvalue weighted by molar-refractivity contribution is -0.274. The van der Waals surface area contributed by atoms with Crippen LogP contribution in [-0.4, -0.2) is 61.5 Å². The van der Waals surface area contributed by atoms with Crippen LogP contribution < -0.4 is 10.5 Å². The van der Waals surface area contributed by atoms with Crippen LogP contribution in [0.4, 0.5) is 13.2 Å². The fraction of sp³-hybridized carbons (Fsp3) is 0.556. The molecule has 0 radical (unpaired) electrons. The number of carbonyl (C=O) groups is 1. The number of amides is 1. The maximum atomic E-state index is 13.1. The molecule has 1 amide bonds. The lowest BCUT2D eigenvalue weighted by atomic mass is 9.78. The van der Waals surface area contributed by atoms with Crippen molar-refractivity contribution in [2.75, 3.05) is 20.1 Å². The quantitative estimate of drug-likeness (QED) is 0.758. The Kier molecular flexibility index (Phi) is 5.76. The molecule has 1 saturated heterocycles. The molecule has 1 unspecified atom stereocenters. The summed E-state index contributed by atoms with van der Waals surface area (Å²) in [5, 5.41) is 0. The second-order valence-electron chi connectivity index (χ2n) is 7.68. The van der Waals surface area contributed by atoms with Crippen molar-refractivity contribution in [3.05, 3.63) is 24.3 Å². The Morgan fingerprint density at radius 1 is 1.33 bits per heavy atom. The number of ether oxygens (including phenoxy) is 1. The van der Waals surface area contributed by atoms with Crippen LogP contribution in [0.15, 0.2) is 34.2 Å². The van der Waals surface area contributed by atoms with E-state index in [0.717, 1.165) is 12.1 Å². The van der Waals surface area contributed by atoms with Gasteiger partial charge in [0.05, 0.1) is 16.9 Å². The molecule has 3 rings (SSSR count). The highest BCUT2D eigenvalue weighted by Gasteiger charge is 2.44. The molecular weight excluding hydrogens is 425 g/mol. The molecule has 12 heteroatoms. The summed E-state index contributed by atoms with van der Waals surface area (Å²) >= 11 is 0. The van der Waals surface area contributed by atoms with Crippen molar-refractivity contribution in [3.8, 4) is 5.75 Å². The zero-order valence-electron chi connectivity index (χ0n) is 16.5. The Balaban J connectivity index is 1.85. The molecule has 2 N–H and O–H groups in total. The minimum absolute atomic E-state index is 0.0748. The lowest BCUT2D eigenvalue weighted by Gasteiger charge is -2.43. The van der Waals surface area contributed by atoms with Gasteiger partial charge in [-0.2, -0.15) is 4.31 Å². The van der Waals surface area contributed by atoms with Crippen LogP contribution in [0.1, 0.15) is 26.2 Å². The van der Waals surface area contributed by atoms with E-state index in [1.807, 2.05) is 0 Å². The molecule has 1 aromatic carbocycles. The molecule has 2 aliphatic rings. The van der Waals surface area contributed by atoms with E-state index in [0.29, 0.717) is 12.8 Å². The molecule has 2 aliphatic heterocycles. The summed E-state index contributed by atoms with van der Waals surface area (Å²) in [6, 6.07) is 4.30. The molecule has 2 atom stereocenters. The van der Waals surface area contributed by atoms with Gasteiger partial charge in [-0.3, -0.25) is 9.69 Å². The van der Waals surface area contributed by atoms with Gasteiger partial charge in [-0.05, 0) is 37.8 Å². The van der Waals surface area contributed by atoms with Gasteiger partial charge in [-0.1, -0.05) is 6.07 Å². The van der Waals surface area contributed by atoms with Crippen LogP contribution in [0.3, 0.4) is 0 Å². The van der Waals surface area contributed by atoms with E-state index in [1.165, 1.54) is 28.4 Å². The summed E-state index contributed by atoms with van der Waals surface area (Å²) in [5.41, 5.74) is 4.99. The van der Waals surface area contributed by atoms with Crippen LogP contribution in [-0.2, 0) is 14.8 Å². The van der Waals surface area contributed by atoms with Gasteiger partial charge in [-0.15, -0.1) is 13.2 Å². The number of hydrogen-bond acceptors (Lipinski definition) is 6. The summed E-state index contributed by atoms with van der Waals surface area (Å²) in [7, 11) is -2.54. The minimum atomic E-state index is -4.92. The first kappa shape index (κ1) is 22.3. The molecule has 2 heterocycles. The zero-order chi connectivity index (χ0) is 22.3. The van der Waals surface area contributed by atoms with Crippen molar-refractivity contribution in [2.24, 2.45) is 16.6 Å². The number of nitrogens with zero attached hydrogens (tertiary/aromatic N) is 3. The molecule has 0 spiro atoms. The molecule has 0 bridgehead atoms. The van der Waals surface area contributed by atoms with Crippen LogP contribution in [0.5, 0.6) is 5.75 Å². The maximum absolute atomic E-state index is 13.1. The first-order valence-corrected chi connectivity index (χ1v) is 10.7. The van der Waals surface area contributed by atoms with E-state index in [-0.39, 0.29) is 42.2 Å². The average Bonchev–Trinajstić information content (AvgIpc) is 2.65. The predicted octanol–water partition coefficient (Wildman–Crippen LogP) is 1.92. The summed E-state index contributed by atoms with van der Waals surface area (Å²) in [5.74, 6) is -1.01. The topological polar surface area (TPSA) is 105 Å². The lowest BCUT2D eigenvalue weighted by Crippen LogP contribution is -2.54. The monoisotopic (exact) mass is 448 g/mol. The van der Waals surface area contributed by atoms with Crippen molar-refractivity contribution in [2.45, 2.75) is 43.0 Å². The van der Waals surface area contributed by atoms with Crippen molar-refractivity contribution < 1.29 is 31.1 Å². The van der Waals surface area contributed by atoms with E-state index >= 15 is 0 Å². The molecule has 0 aliphatic carbocycles. The number of guanidine groups is 1. The first-order chi connectivity index (χ1) is 13.8. The van der Waals surface area contributed by atoms with Gasteiger partial charge in [0.1, 0.15) is 5.75 Å². The number of benzene rings is 1. The Labute approximate surface area is 172 Å². The van der Waals surface area contributed by atoms with E-state index in [2.05, 4.69) is 9.73 Å². The van der Waals surface area contributed by atoms with Crippen molar-refractivity contribution in [1.29, 1.82) is 0 Å². The third-order valence-electron chi connectivity index (χ3n) is 5.54. The SMILES string of the molecule is CN1C(=O)C[C@@](C)(C2CCCN(S(=O)(=O)c3cccc(OC(F)(F)F)c3)C2)N=C1N. The standard InChI is InChI=1S/C18H23F3N4O4S/c1-17(10-15(26)24(2)16(22)23-17)12-5-4-8-25(11-12)30(27,28)14-7-3-6-13(9-14)29-18(19,20)21/h3,6-7,9,12H,4-5,8,10-11H2,1-2H3,(H2,22,23)/t12?,17-/m0/s1. The summed E-state index contributed by atoms with van der Waals surface area (Å²) in [4.78, 5) is 17.6. The van der Waals surface area contributed by atoms with Crippen LogP contribution in [0.25, 0.3) is 0 Å². The van der Waals surface area contributed by atoms with Crippen molar-refractivity contribution in [1.82, 2.24) is 9.21 Å². The maximum Gasteiger partial charge on any atom is 0.573 e. The molecule has 0 saturated carbocycles. The third kappa shape index (κ3) is 4.53. The van der Waals surface area contributed by atoms with Crippen molar-refractivity contribution >= 4 is 21.9 Å². The van der Waals surface area contributed by atoms with E-state index in [9.17, 15) is 26.4 Å². The predicted molar refractivity (Wildman–Crippen MR) is 102 cm³/mol. The number of piperidine rings is 1. The van der Waals surface area contributed by atoms with Crippen molar-refractivity contribution in [3.63, 3.8) is 0 Å². The smallest absolute Gasteiger partial charge is 0.406 e. The molecular formula is C18H23F3N4O4S. The van der Waals surface area contributed by atoms with Crippen LogP contribution >= 0.6 is 0 Å². The summed E-state index contributed by atoms with van der Waals surface area (Å²) < 4.78 is 68.6. The number of sulfonamides is 1. The molecule has 1 fully saturated rings. The van der Waals surface area contributed by atoms with Gasteiger partial charge < -0.3 is 10.5 Å². The third-order valence-corrected chi connectivity index (χ3v) is 7.40. The molecule has 8 nitrogen and oxygen atoms in total. The normalized spacial score (nSPS) is 26.4. The number of nitrogens with two attached hydrogens (primary N) is 1. The fourth-order valence-electron chi connectivity index (χ4n) is 3.81. The van der Waals surface area contributed by atoms with Gasteiger partial charge >= 0.3 is 6.36 Å². The van der Waals surface area contributed by atoms with Gasteiger partial charge in [0, 0.05) is 26.2 Å². The van der Waals surface area contributed by atoms with Crippen LogP contribution in [0, 0.1) is 5.92 Å². The second-order valence-corrected chi connectivity index (χ2v) is 9.62. The molecule has 30 heavy (non-hydrogen) atoms. The number of halogens is 3. The second kappa shape index (κ2) is 7.73. The minimum Gasteiger partial charge on any atom is -0.406 e. The van der Waals surface area contributed by atoms with Gasteiger partial charge in [-0.25, -0.2) is 13.4 Å². The zero-order valence-corrected chi connectivity index (χ0v) is 17.3. The highest BCUT2D eigenvalue weighted by atomic mass is 32.2. The Bertz CT molecular complexity index is 966. The van der Waals surface area contributed by atoms with E-state index < -0.39 is 27.7 Å². The number of hydrogen-bond donors (Lipinski definition) is 1. The highest BCUT2D eigenvalue weighted by Crippen LogP contribution is 2.37. The van der Waals surface area contributed by atoms with Gasteiger partial charge in [0.25, 0.3) is 0 Å². The van der Waals surface area contributed by atoms with Gasteiger partial charge in [0.2, 0.25) is 15.9 Å². The molecule has 1 aromatic rings. The Hall–Kier alpha value is -2.34. The van der Waals surface area contributed by atoms with Crippen LogP contribution in [0.2, 0.25) is 0 Å². The number of carbonyl (C=O) groups excluding carboxylic acids is 1. The largest absolute Gasteiger partial charge is 0.573 e. The number of alkyl halides is 3. The average molecular weight is 448 g/mol. The number of aliphatic imine (C=N–C) groups is 1. The summed E-state index contributed by atoms with van der Waals surface area (Å²) in [6.45, 7) is 2.06. The van der Waals surface area contributed by atoms with E-state index in [1.54, 1.807) is 6.92 Å². The molecule has 166 valence electrons. The fourth-order valence-corrected chi connectivity index (χ4v) is 5.37. The Morgan fingerprint density at radius 2 is 2.03 bits per heavy atom. The van der Waals surface area contributed by atoms with E-state index in [4.69, 9.17) is 5.73 Å². The first-order valence-electron chi connectivity index (χ1n) is 9.30. The highest BCUT2D eigenvalue weighted by molar-refractivity contribution is 7.89. The van der Waals surface area contributed by atoms with Gasteiger partial charge in [0.15, 0.2) is 5.96 Å². The molecule has 0 aromatic heterocycles. The summed E-state index contributed by atoms with van der Waals surface area (Å²) in [6.07, 6.45) is -3.66.